The smallest absolute Gasteiger partial charge is 0.100 e. The number of hydrogen-bond donors (Lipinski definition) is 2. The summed E-state index contributed by atoms with van der Waals surface area (Å²) in [6, 6.07) is 1.37. The Balaban J connectivity index is 1.23. The van der Waals surface area contributed by atoms with Gasteiger partial charge in [0.2, 0.25) is 0 Å². The van der Waals surface area contributed by atoms with E-state index in [1.54, 1.807) is 0 Å². The van der Waals surface area contributed by atoms with Crippen molar-refractivity contribution in [2.45, 2.75) is 77.0 Å². The SMILES string of the molecule is CC1CCC(N2CCN(CC3CNNC3C3CCC(F)CC3)CC2)CC1C. The molecule has 4 aliphatic rings. The lowest BCUT2D eigenvalue weighted by molar-refractivity contribution is 0.0486. The fourth-order valence-electron chi connectivity index (χ4n) is 6.16. The van der Waals surface area contributed by atoms with Gasteiger partial charge in [0.15, 0.2) is 0 Å². The van der Waals surface area contributed by atoms with Gasteiger partial charge in [0, 0.05) is 57.3 Å². The maximum Gasteiger partial charge on any atom is 0.100 e. The summed E-state index contributed by atoms with van der Waals surface area (Å²) in [4.78, 5) is 5.47. The Morgan fingerprint density at radius 3 is 2.33 bits per heavy atom. The molecule has 2 aliphatic heterocycles. The van der Waals surface area contributed by atoms with Gasteiger partial charge in [-0.15, -0.1) is 0 Å². The van der Waals surface area contributed by atoms with Crippen molar-refractivity contribution in [1.29, 1.82) is 0 Å². The van der Waals surface area contributed by atoms with Crippen LogP contribution in [0.15, 0.2) is 0 Å². The molecule has 27 heavy (non-hydrogen) atoms. The van der Waals surface area contributed by atoms with Crippen LogP contribution in [0.25, 0.3) is 0 Å². The summed E-state index contributed by atoms with van der Waals surface area (Å²) in [5.41, 5.74) is 6.95. The van der Waals surface area contributed by atoms with Gasteiger partial charge in [-0.1, -0.05) is 13.8 Å². The largest absolute Gasteiger partial charge is 0.300 e. The summed E-state index contributed by atoms with van der Waals surface area (Å²) >= 11 is 0. The molecule has 0 aromatic carbocycles. The number of nitrogens with zero attached hydrogens (tertiary/aromatic N) is 2. The highest BCUT2D eigenvalue weighted by Gasteiger charge is 2.37. The Morgan fingerprint density at radius 1 is 0.889 bits per heavy atom. The highest BCUT2D eigenvalue weighted by Crippen LogP contribution is 2.34. The molecule has 2 N–H and O–H groups in total. The topological polar surface area (TPSA) is 30.5 Å². The predicted octanol–water partition coefficient (Wildman–Crippen LogP) is 3.05. The molecule has 4 fully saturated rings. The lowest BCUT2D eigenvalue weighted by Crippen LogP contribution is -2.53. The summed E-state index contributed by atoms with van der Waals surface area (Å²) in [7, 11) is 0. The Morgan fingerprint density at radius 2 is 1.63 bits per heavy atom. The van der Waals surface area contributed by atoms with Gasteiger partial charge in [-0.3, -0.25) is 15.8 Å². The third-order valence-electron chi connectivity index (χ3n) is 8.34. The van der Waals surface area contributed by atoms with Crippen LogP contribution in [0.5, 0.6) is 0 Å². The molecule has 0 spiro atoms. The van der Waals surface area contributed by atoms with Crippen molar-refractivity contribution in [2.24, 2.45) is 23.7 Å². The number of hydrazine groups is 1. The molecule has 156 valence electrons. The standard InChI is InChI=1S/C22H41FN4/c1-16-3-8-21(13-17(16)2)27-11-9-26(10-12-27)15-19-14-24-25-22(19)18-4-6-20(23)7-5-18/h16-22,24-25H,3-15H2,1-2H3. The van der Waals surface area contributed by atoms with Crippen LogP contribution in [0.4, 0.5) is 4.39 Å². The fraction of sp³-hybridized carbons (Fsp3) is 1.00. The second-order valence-corrected chi connectivity index (χ2v) is 10.1. The first kappa shape index (κ1) is 20.1. The van der Waals surface area contributed by atoms with Crippen LogP contribution in [0.1, 0.15) is 58.8 Å². The highest BCUT2D eigenvalue weighted by molar-refractivity contribution is 4.93. The molecule has 5 atom stereocenters. The summed E-state index contributed by atoms with van der Waals surface area (Å²) in [5, 5.41) is 0. The molecule has 4 nitrogen and oxygen atoms in total. The van der Waals surface area contributed by atoms with Crippen LogP contribution < -0.4 is 10.9 Å². The highest BCUT2D eigenvalue weighted by atomic mass is 19.1. The monoisotopic (exact) mass is 380 g/mol. The third kappa shape index (κ3) is 4.85. The molecule has 5 heteroatoms. The van der Waals surface area contributed by atoms with E-state index in [9.17, 15) is 4.39 Å². The van der Waals surface area contributed by atoms with Gasteiger partial charge in [0.05, 0.1) is 0 Å². The van der Waals surface area contributed by atoms with Crippen molar-refractivity contribution in [2.75, 3.05) is 39.3 Å². The Bertz CT molecular complexity index is 459. The Hall–Kier alpha value is -0.230. The van der Waals surface area contributed by atoms with Crippen LogP contribution >= 0.6 is 0 Å². The van der Waals surface area contributed by atoms with Gasteiger partial charge in [0.1, 0.15) is 6.17 Å². The van der Waals surface area contributed by atoms with E-state index in [1.165, 1.54) is 52.0 Å². The van der Waals surface area contributed by atoms with E-state index >= 15 is 0 Å². The average Bonchev–Trinajstić information content (AvgIpc) is 3.13. The number of piperazine rings is 1. The molecule has 2 aliphatic carbocycles. The first-order chi connectivity index (χ1) is 13.1. The van der Waals surface area contributed by atoms with Crippen LogP contribution in [0, 0.1) is 23.7 Å². The minimum Gasteiger partial charge on any atom is -0.300 e. The summed E-state index contributed by atoms with van der Waals surface area (Å²) in [5.74, 6) is 3.13. The van der Waals surface area contributed by atoms with Crippen molar-refractivity contribution in [3.05, 3.63) is 0 Å². The van der Waals surface area contributed by atoms with Gasteiger partial charge in [-0.05, 0) is 62.7 Å². The quantitative estimate of drug-likeness (QED) is 0.785. The summed E-state index contributed by atoms with van der Waals surface area (Å²) < 4.78 is 13.5. The van der Waals surface area contributed by atoms with E-state index in [-0.39, 0.29) is 0 Å². The normalized spacial score (nSPS) is 45.2. The zero-order chi connectivity index (χ0) is 18.8. The summed E-state index contributed by atoms with van der Waals surface area (Å²) in [6.45, 7) is 12.1. The molecule has 2 saturated carbocycles. The Kier molecular flexibility index (Phi) is 6.73. The molecule has 0 radical (unpaired) electrons. The summed E-state index contributed by atoms with van der Waals surface area (Å²) in [6.07, 6.45) is 7.32. The van der Waals surface area contributed by atoms with Crippen LogP contribution in [-0.2, 0) is 0 Å². The lowest BCUT2D eigenvalue weighted by atomic mass is 9.78. The van der Waals surface area contributed by atoms with Crippen LogP contribution in [0.3, 0.4) is 0 Å². The molecule has 0 amide bonds. The van der Waals surface area contributed by atoms with E-state index < -0.39 is 6.17 Å². The van der Waals surface area contributed by atoms with E-state index in [1.807, 2.05) is 0 Å². The number of nitrogens with one attached hydrogen (secondary N) is 2. The maximum absolute atomic E-state index is 13.5. The van der Waals surface area contributed by atoms with Crippen LogP contribution in [-0.4, -0.2) is 67.3 Å². The second-order valence-electron chi connectivity index (χ2n) is 10.1. The minimum atomic E-state index is -0.548. The molecule has 0 aromatic rings. The van der Waals surface area contributed by atoms with Gasteiger partial charge in [0.25, 0.3) is 0 Å². The molecule has 0 bridgehead atoms. The maximum atomic E-state index is 13.5. The third-order valence-corrected chi connectivity index (χ3v) is 8.34. The fourth-order valence-corrected chi connectivity index (χ4v) is 6.16. The average molecular weight is 381 g/mol. The molecule has 4 rings (SSSR count). The zero-order valence-corrected chi connectivity index (χ0v) is 17.5. The van der Waals surface area contributed by atoms with Crippen LogP contribution in [0.2, 0.25) is 0 Å². The van der Waals surface area contributed by atoms with Gasteiger partial charge in [-0.2, -0.15) is 0 Å². The molecular formula is C22H41FN4. The number of rotatable bonds is 4. The minimum absolute atomic E-state index is 0.538. The van der Waals surface area contributed by atoms with Gasteiger partial charge in [-0.25, -0.2) is 4.39 Å². The van der Waals surface area contributed by atoms with E-state index in [2.05, 4.69) is 34.5 Å². The van der Waals surface area contributed by atoms with Crippen molar-refractivity contribution in [3.63, 3.8) is 0 Å². The molecule has 0 aromatic heterocycles. The van der Waals surface area contributed by atoms with E-state index in [0.717, 1.165) is 50.1 Å². The van der Waals surface area contributed by atoms with Crippen molar-refractivity contribution in [1.82, 2.24) is 20.7 Å². The Labute approximate surface area is 165 Å². The van der Waals surface area contributed by atoms with Crippen molar-refractivity contribution in [3.8, 4) is 0 Å². The molecule has 2 saturated heterocycles. The number of hydrogen-bond acceptors (Lipinski definition) is 4. The van der Waals surface area contributed by atoms with Crippen molar-refractivity contribution >= 4 is 0 Å². The second kappa shape index (κ2) is 9.06. The first-order valence-electron chi connectivity index (χ1n) is 11.7. The number of halogens is 1. The van der Waals surface area contributed by atoms with E-state index in [0.29, 0.717) is 17.9 Å². The number of alkyl halides is 1. The predicted molar refractivity (Wildman–Crippen MR) is 109 cm³/mol. The van der Waals surface area contributed by atoms with Crippen molar-refractivity contribution < 1.29 is 4.39 Å². The van der Waals surface area contributed by atoms with E-state index in [4.69, 9.17) is 0 Å². The first-order valence-corrected chi connectivity index (χ1v) is 11.7. The molecule has 5 unspecified atom stereocenters. The van der Waals surface area contributed by atoms with Gasteiger partial charge < -0.3 is 4.90 Å². The molecule has 2 heterocycles. The lowest BCUT2D eigenvalue weighted by Gasteiger charge is -2.44. The van der Waals surface area contributed by atoms with Gasteiger partial charge >= 0.3 is 0 Å². The molecular weight excluding hydrogens is 339 g/mol. The zero-order valence-electron chi connectivity index (χ0n) is 17.5.